The van der Waals surface area contributed by atoms with Crippen LogP contribution in [-0.2, 0) is 13.1 Å². The Hall–Kier alpha value is -1.89. The van der Waals surface area contributed by atoms with E-state index in [0.717, 1.165) is 40.9 Å². The SMILES string of the molecule is COc1ccc(-c2nc(CN(Cc3cccs3)C3CC3)cs2)c(OC)c1. The highest BCUT2D eigenvalue weighted by Crippen LogP contribution is 2.36. The molecule has 1 aromatic carbocycles. The van der Waals surface area contributed by atoms with Crippen molar-refractivity contribution < 1.29 is 9.47 Å². The van der Waals surface area contributed by atoms with Crippen molar-refractivity contribution in [3.8, 4) is 22.1 Å². The van der Waals surface area contributed by atoms with Gasteiger partial charge in [-0.15, -0.1) is 22.7 Å². The summed E-state index contributed by atoms with van der Waals surface area (Å²) in [5.74, 6) is 1.58. The van der Waals surface area contributed by atoms with Crippen molar-refractivity contribution in [2.24, 2.45) is 0 Å². The van der Waals surface area contributed by atoms with E-state index in [9.17, 15) is 0 Å². The molecule has 26 heavy (non-hydrogen) atoms. The van der Waals surface area contributed by atoms with Gasteiger partial charge in [-0.1, -0.05) is 6.07 Å². The van der Waals surface area contributed by atoms with Gasteiger partial charge in [0.1, 0.15) is 16.5 Å². The third-order valence-corrected chi connectivity index (χ3v) is 6.34. The zero-order valence-corrected chi connectivity index (χ0v) is 16.6. The average Bonchev–Trinajstić information content (AvgIpc) is 3.20. The molecule has 0 saturated heterocycles. The van der Waals surface area contributed by atoms with Gasteiger partial charge in [-0.25, -0.2) is 4.98 Å². The monoisotopic (exact) mass is 386 g/mol. The second kappa shape index (κ2) is 7.78. The van der Waals surface area contributed by atoms with E-state index in [1.165, 1.54) is 17.7 Å². The number of methoxy groups -OCH3 is 2. The molecule has 0 N–H and O–H groups in total. The number of hydrogen-bond acceptors (Lipinski definition) is 6. The Labute approximate surface area is 162 Å². The second-order valence-corrected chi connectivity index (χ2v) is 8.32. The molecule has 136 valence electrons. The number of nitrogens with zero attached hydrogens (tertiary/aromatic N) is 2. The lowest BCUT2D eigenvalue weighted by atomic mass is 10.2. The normalized spacial score (nSPS) is 14.0. The van der Waals surface area contributed by atoms with Gasteiger partial charge in [-0.05, 0) is 36.4 Å². The summed E-state index contributed by atoms with van der Waals surface area (Å²) < 4.78 is 10.8. The van der Waals surface area contributed by atoms with Crippen molar-refractivity contribution in [3.63, 3.8) is 0 Å². The summed E-state index contributed by atoms with van der Waals surface area (Å²) in [6.07, 6.45) is 2.60. The molecule has 0 amide bonds. The summed E-state index contributed by atoms with van der Waals surface area (Å²) >= 11 is 3.50. The molecule has 6 heteroatoms. The molecule has 4 rings (SSSR count). The van der Waals surface area contributed by atoms with E-state index in [1.54, 1.807) is 25.6 Å². The van der Waals surface area contributed by atoms with Gasteiger partial charge >= 0.3 is 0 Å². The van der Waals surface area contributed by atoms with Crippen LogP contribution in [0.25, 0.3) is 10.6 Å². The third kappa shape index (κ3) is 3.92. The Bertz CT molecular complexity index is 857. The summed E-state index contributed by atoms with van der Waals surface area (Å²) in [4.78, 5) is 8.86. The van der Waals surface area contributed by atoms with Crippen molar-refractivity contribution in [3.05, 3.63) is 51.7 Å². The van der Waals surface area contributed by atoms with Crippen molar-refractivity contribution in [2.75, 3.05) is 14.2 Å². The molecule has 2 heterocycles. The highest BCUT2D eigenvalue weighted by atomic mass is 32.1. The van der Waals surface area contributed by atoms with Crippen molar-refractivity contribution in [2.45, 2.75) is 32.0 Å². The lowest BCUT2D eigenvalue weighted by Crippen LogP contribution is -2.24. The van der Waals surface area contributed by atoms with E-state index in [-0.39, 0.29) is 0 Å². The number of ether oxygens (including phenoxy) is 2. The Morgan fingerprint density at radius 1 is 1.12 bits per heavy atom. The zero-order chi connectivity index (χ0) is 17.9. The van der Waals surface area contributed by atoms with Crippen LogP contribution in [0.3, 0.4) is 0 Å². The van der Waals surface area contributed by atoms with E-state index in [4.69, 9.17) is 14.5 Å². The predicted octanol–water partition coefficient (Wildman–Crippen LogP) is 5.05. The summed E-state index contributed by atoms with van der Waals surface area (Å²) in [5, 5.41) is 5.31. The molecular weight excluding hydrogens is 364 g/mol. The highest BCUT2D eigenvalue weighted by Gasteiger charge is 2.29. The predicted molar refractivity (Wildman–Crippen MR) is 107 cm³/mol. The van der Waals surface area contributed by atoms with Gasteiger partial charge in [0.2, 0.25) is 0 Å². The fourth-order valence-electron chi connectivity index (χ4n) is 3.04. The third-order valence-electron chi connectivity index (χ3n) is 4.56. The van der Waals surface area contributed by atoms with Crippen molar-refractivity contribution in [1.82, 2.24) is 9.88 Å². The molecule has 0 unspecified atom stereocenters. The maximum atomic E-state index is 5.53. The largest absolute Gasteiger partial charge is 0.497 e. The highest BCUT2D eigenvalue weighted by molar-refractivity contribution is 7.13. The Balaban J connectivity index is 1.52. The second-order valence-electron chi connectivity index (χ2n) is 6.43. The molecule has 1 saturated carbocycles. The summed E-state index contributed by atoms with van der Waals surface area (Å²) in [7, 11) is 3.35. The first kappa shape index (κ1) is 17.5. The first-order chi connectivity index (χ1) is 12.8. The standard InChI is InChI=1S/C20H22N2O2S2/c1-23-16-7-8-18(19(10-16)24-2)20-21-14(13-26-20)11-22(15-5-6-15)12-17-4-3-9-25-17/h3-4,7-10,13,15H,5-6,11-12H2,1-2H3. The topological polar surface area (TPSA) is 34.6 Å². The van der Waals surface area contributed by atoms with Gasteiger partial charge in [-0.3, -0.25) is 4.90 Å². The fraction of sp³-hybridized carbons (Fsp3) is 0.350. The molecule has 1 aliphatic carbocycles. The smallest absolute Gasteiger partial charge is 0.132 e. The van der Waals surface area contributed by atoms with Crippen LogP contribution in [0.4, 0.5) is 0 Å². The molecular formula is C20H22N2O2S2. The van der Waals surface area contributed by atoms with Gasteiger partial charge in [0.15, 0.2) is 0 Å². The Morgan fingerprint density at radius 2 is 2.00 bits per heavy atom. The van der Waals surface area contributed by atoms with Gasteiger partial charge in [0, 0.05) is 35.5 Å². The molecule has 0 bridgehead atoms. The van der Waals surface area contributed by atoms with Crippen LogP contribution in [0.2, 0.25) is 0 Å². The molecule has 1 aliphatic rings. The number of thiophene rings is 1. The molecule has 4 nitrogen and oxygen atoms in total. The van der Waals surface area contributed by atoms with Crippen molar-refractivity contribution >= 4 is 22.7 Å². The van der Waals surface area contributed by atoms with Crippen molar-refractivity contribution in [1.29, 1.82) is 0 Å². The van der Waals surface area contributed by atoms with Gasteiger partial charge in [-0.2, -0.15) is 0 Å². The average molecular weight is 387 g/mol. The molecule has 0 aliphatic heterocycles. The molecule has 3 aromatic rings. The van der Waals surface area contributed by atoms with Crippen LogP contribution in [0.1, 0.15) is 23.4 Å². The summed E-state index contributed by atoms with van der Waals surface area (Å²) in [6.45, 7) is 1.92. The lowest BCUT2D eigenvalue weighted by molar-refractivity contribution is 0.245. The maximum Gasteiger partial charge on any atom is 0.132 e. The first-order valence-electron chi connectivity index (χ1n) is 8.70. The van der Waals surface area contributed by atoms with Crippen LogP contribution < -0.4 is 9.47 Å². The van der Waals surface area contributed by atoms with E-state index < -0.39 is 0 Å². The number of thiazole rings is 1. The fourth-order valence-corrected chi connectivity index (χ4v) is 4.61. The minimum Gasteiger partial charge on any atom is -0.497 e. The van der Waals surface area contributed by atoms with E-state index in [2.05, 4.69) is 27.8 Å². The lowest BCUT2D eigenvalue weighted by Gasteiger charge is -2.20. The quantitative estimate of drug-likeness (QED) is 0.542. The van der Waals surface area contributed by atoms with Gasteiger partial charge < -0.3 is 9.47 Å². The Kier molecular flexibility index (Phi) is 5.24. The first-order valence-corrected chi connectivity index (χ1v) is 10.5. The van der Waals surface area contributed by atoms with E-state index in [1.807, 2.05) is 29.5 Å². The van der Waals surface area contributed by atoms with Crippen LogP contribution >= 0.6 is 22.7 Å². The molecule has 0 radical (unpaired) electrons. The molecule has 1 fully saturated rings. The minimum atomic E-state index is 0.706. The van der Waals surface area contributed by atoms with Crippen LogP contribution in [-0.4, -0.2) is 30.1 Å². The zero-order valence-electron chi connectivity index (χ0n) is 15.0. The van der Waals surface area contributed by atoms with Crippen LogP contribution in [0.5, 0.6) is 11.5 Å². The Morgan fingerprint density at radius 3 is 2.69 bits per heavy atom. The number of hydrogen-bond donors (Lipinski definition) is 0. The number of aromatic nitrogens is 1. The van der Waals surface area contributed by atoms with Crippen LogP contribution in [0, 0.1) is 0 Å². The summed E-state index contributed by atoms with van der Waals surface area (Å²) in [5.41, 5.74) is 2.15. The minimum absolute atomic E-state index is 0.706. The van der Waals surface area contributed by atoms with Gasteiger partial charge in [0.25, 0.3) is 0 Å². The van der Waals surface area contributed by atoms with E-state index >= 15 is 0 Å². The molecule has 0 spiro atoms. The molecule has 2 aromatic heterocycles. The number of rotatable bonds is 8. The number of benzene rings is 1. The maximum absolute atomic E-state index is 5.53. The van der Waals surface area contributed by atoms with Crippen LogP contribution in [0.15, 0.2) is 41.1 Å². The summed E-state index contributed by atoms with van der Waals surface area (Å²) in [6, 6.07) is 10.9. The molecule has 0 atom stereocenters. The van der Waals surface area contributed by atoms with E-state index in [0.29, 0.717) is 6.04 Å². The van der Waals surface area contributed by atoms with Gasteiger partial charge in [0.05, 0.1) is 25.5 Å².